The van der Waals surface area contributed by atoms with Gasteiger partial charge in [0, 0.05) is 30.1 Å². The predicted octanol–water partition coefficient (Wildman–Crippen LogP) is 7.17. The van der Waals surface area contributed by atoms with Crippen LogP contribution in [0.3, 0.4) is 0 Å². The van der Waals surface area contributed by atoms with E-state index in [0.717, 1.165) is 22.3 Å². The number of anilines is 2. The van der Waals surface area contributed by atoms with Crippen LogP contribution in [0.25, 0.3) is 11.1 Å². The van der Waals surface area contributed by atoms with E-state index in [2.05, 4.69) is 10.3 Å². The number of amides is 2. The molecular weight excluding hydrogens is 554 g/mol. The van der Waals surface area contributed by atoms with E-state index in [1.807, 2.05) is 74.5 Å². The van der Waals surface area contributed by atoms with Crippen molar-refractivity contribution in [2.45, 2.75) is 20.5 Å². The van der Waals surface area contributed by atoms with Gasteiger partial charge in [0.2, 0.25) is 0 Å². The normalized spacial score (nSPS) is 10.6. The molecule has 0 spiro atoms. The Hall–Kier alpha value is -5.76. The number of aromatic carboxylic acids is 1. The fourth-order valence-corrected chi connectivity index (χ4v) is 4.67. The summed E-state index contributed by atoms with van der Waals surface area (Å²) in [6.07, 6.45) is 1.28. The van der Waals surface area contributed by atoms with Crippen molar-refractivity contribution in [3.8, 4) is 16.9 Å². The fourth-order valence-electron chi connectivity index (χ4n) is 4.67. The zero-order chi connectivity index (χ0) is 31.2. The zero-order valence-electron chi connectivity index (χ0n) is 24.6. The quantitative estimate of drug-likeness (QED) is 0.190. The molecule has 8 nitrogen and oxygen atoms in total. The molecule has 0 fully saturated rings. The number of nitrogens with zero attached hydrogens (tertiary/aromatic N) is 2. The maximum absolute atomic E-state index is 13.5. The Bertz CT molecular complexity index is 1820. The van der Waals surface area contributed by atoms with Crippen molar-refractivity contribution in [3.05, 3.63) is 143 Å². The van der Waals surface area contributed by atoms with E-state index in [1.165, 1.54) is 17.2 Å². The molecule has 0 bridgehead atoms. The summed E-state index contributed by atoms with van der Waals surface area (Å²) in [7, 11) is 1.66. The van der Waals surface area contributed by atoms with Gasteiger partial charge >= 0.3 is 5.97 Å². The molecule has 0 saturated heterocycles. The monoisotopic (exact) mass is 585 g/mol. The summed E-state index contributed by atoms with van der Waals surface area (Å²) in [5.41, 5.74) is 6.64. The first-order valence-corrected chi connectivity index (χ1v) is 14.0. The van der Waals surface area contributed by atoms with Crippen molar-refractivity contribution in [3.63, 3.8) is 0 Å². The number of hydrogen-bond acceptors (Lipinski definition) is 5. The van der Waals surface area contributed by atoms with Crippen LogP contribution in [0.1, 0.15) is 47.9 Å². The van der Waals surface area contributed by atoms with Crippen LogP contribution in [0.5, 0.6) is 5.75 Å². The van der Waals surface area contributed by atoms with E-state index in [9.17, 15) is 14.4 Å². The molecule has 5 rings (SSSR count). The van der Waals surface area contributed by atoms with Crippen molar-refractivity contribution in [1.29, 1.82) is 0 Å². The number of carbonyl (C=O) groups is 3. The SMILES string of the molecule is Cc1ccc(-c2ccccc2C(=O)Nc2ccc(C(=O)N(C)c3ccc(C)cc3OCc3ccc(C(=O)O)cn3)cc2)cc1. The van der Waals surface area contributed by atoms with Crippen LogP contribution < -0.4 is 15.0 Å². The molecule has 0 aliphatic carbocycles. The van der Waals surface area contributed by atoms with E-state index in [0.29, 0.717) is 33.9 Å². The van der Waals surface area contributed by atoms with Gasteiger partial charge in [0.05, 0.1) is 16.9 Å². The van der Waals surface area contributed by atoms with Crippen LogP contribution in [0.2, 0.25) is 0 Å². The fraction of sp³-hybridized carbons (Fsp3) is 0.111. The third-order valence-corrected chi connectivity index (χ3v) is 7.15. The predicted molar refractivity (Wildman–Crippen MR) is 170 cm³/mol. The lowest BCUT2D eigenvalue weighted by Gasteiger charge is -2.21. The Morgan fingerprint density at radius 1 is 0.818 bits per heavy atom. The molecule has 220 valence electrons. The van der Waals surface area contributed by atoms with Crippen LogP contribution in [0.4, 0.5) is 11.4 Å². The molecule has 1 heterocycles. The van der Waals surface area contributed by atoms with E-state index >= 15 is 0 Å². The Balaban J connectivity index is 1.28. The number of aromatic nitrogens is 1. The Labute approximate surface area is 255 Å². The lowest BCUT2D eigenvalue weighted by atomic mass is 9.98. The highest BCUT2D eigenvalue weighted by Gasteiger charge is 2.19. The number of hydrogen-bond donors (Lipinski definition) is 2. The van der Waals surface area contributed by atoms with E-state index in [4.69, 9.17) is 9.84 Å². The molecule has 44 heavy (non-hydrogen) atoms. The minimum Gasteiger partial charge on any atom is -0.485 e. The number of rotatable bonds is 9. The molecule has 1 aromatic heterocycles. The van der Waals surface area contributed by atoms with Gasteiger partial charge in [0.25, 0.3) is 11.8 Å². The zero-order valence-corrected chi connectivity index (χ0v) is 24.6. The Morgan fingerprint density at radius 2 is 1.50 bits per heavy atom. The second-order valence-corrected chi connectivity index (χ2v) is 10.4. The molecule has 0 unspecified atom stereocenters. The van der Waals surface area contributed by atoms with Gasteiger partial charge in [-0.2, -0.15) is 0 Å². The largest absolute Gasteiger partial charge is 0.485 e. The standard InChI is InChI=1S/C36H31N3O5/c1-23-8-11-25(12-9-23)30-6-4-5-7-31(30)34(40)38-28-16-13-26(14-17-28)35(41)39(3)32-19-10-24(2)20-33(32)44-22-29-18-15-27(21-37-29)36(42)43/h4-21H,22H2,1-3H3,(H,38,40)(H,42,43). The van der Waals surface area contributed by atoms with Gasteiger partial charge < -0.3 is 20.1 Å². The minimum absolute atomic E-state index is 0.0907. The van der Waals surface area contributed by atoms with Gasteiger partial charge in [0.1, 0.15) is 12.4 Å². The van der Waals surface area contributed by atoms with Gasteiger partial charge in [-0.1, -0.05) is 54.1 Å². The summed E-state index contributed by atoms with van der Waals surface area (Å²) in [6.45, 7) is 4.04. The Kier molecular flexibility index (Phi) is 8.81. The summed E-state index contributed by atoms with van der Waals surface area (Å²) < 4.78 is 6.01. The van der Waals surface area contributed by atoms with Gasteiger partial charge in [-0.05, 0) is 85.1 Å². The highest BCUT2D eigenvalue weighted by molar-refractivity contribution is 6.09. The summed E-state index contributed by atoms with van der Waals surface area (Å²) in [4.78, 5) is 43.4. The number of carboxylic acids is 1. The summed E-state index contributed by atoms with van der Waals surface area (Å²) in [6, 6.07) is 30.8. The van der Waals surface area contributed by atoms with Crippen molar-refractivity contribution in [2.24, 2.45) is 0 Å². The molecule has 2 amide bonds. The molecule has 0 atom stereocenters. The molecule has 0 aliphatic heterocycles. The lowest BCUT2D eigenvalue weighted by molar-refractivity contribution is 0.0695. The number of aryl methyl sites for hydroxylation is 2. The first-order valence-electron chi connectivity index (χ1n) is 14.0. The third-order valence-electron chi connectivity index (χ3n) is 7.15. The van der Waals surface area contributed by atoms with Gasteiger partial charge in [-0.25, -0.2) is 4.79 Å². The number of pyridine rings is 1. The summed E-state index contributed by atoms with van der Waals surface area (Å²) >= 11 is 0. The number of carbonyl (C=O) groups excluding carboxylic acids is 2. The maximum Gasteiger partial charge on any atom is 0.337 e. The average molecular weight is 586 g/mol. The average Bonchev–Trinajstić information content (AvgIpc) is 3.04. The van der Waals surface area contributed by atoms with Crippen molar-refractivity contribution < 1.29 is 24.2 Å². The molecule has 0 saturated carbocycles. The van der Waals surface area contributed by atoms with Crippen LogP contribution in [-0.2, 0) is 6.61 Å². The number of carboxylic acid groups (broad SMARTS) is 1. The number of ether oxygens (including phenoxy) is 1. The maximum atomic E-state index is 13.5. The number of nitrogens with one attached hydrogen (secondary N) is 1. The summed E-state index contributed by atoms with van der Waals surface area (Å²) in [5.74, 6) is -1.07. The third kappa shape index (κ3) is 6.82. The van der Waals surface area contributed by atoms with E-state index in [1.54, 1.807) is 43.4 Å². The topological polar surface area (TPSA) is 109 Å². The highest BCUT2D eigenvalue weighted by atomic mass is 16.5. The van der Waals surface area contributed by atoms with Crippen LogP contribution in [-0.4, -0.2) is 34.9 Å². The Morgan fingerprint density at radius 3 is 2.18 bits per heavy atom. The highest BCUT2D eigenvalue weighted by Crippen LogP contribution is 2.31. The van der Waals surface area contributed by atoms with Crippen molar-refractivity contribution >= 4 is 29.2 Å². The number of benzene rings is 4. The molecular formula is C36H31N3O5. The molecule has 2 N–H and O–H groups in total. The molecule has 0 radical (unpaired) electrons. The van der Waals surface area contributed by atoms with Crippen molar-refractivity contribution in [2.75, 3.05) is 17.3 Å². The second kappa shape index (κ2) is 13.0. The molecule has 5 aromatic rings. The first kappa shape index (κ1) is 29.7. The molecule has 4 aromatic carbocycles. The van der Waals surface area contributed by atoms with Gasteiger partial charge in [-0.15, -0.1) is 0 Å². The lowest BCUT2D eigenvalue weighted by Crippen LogP contribution is -2.26. The van der Waals surface area contributed by atoms with Crippen molar-refractivity contribution in [1.82, 2.24) is 4.98 Å². The van der Waals surface area contributed by atoms with Crippen LogP contribution >= 0.6 is 0 Å². The smallest absolute Gasteiger partial charge is 0.337 e. The molecule has 8 heteroatoms. The van der Waals surface area contributed by atoms with Crippen LogP contribution in [0.15, 0.2) is 109 Å². The second-order valence-electron chi connectivity index (χ2n) is 10.4. The van der Waals surface area contributed by atoms with Gasteiger partial charge in [0.15, 0.2) is 0 Å². The van der Waals surface area contributed by atoms with E-state index < -0.39 is 5.97 Å². The minimum atomic E-state index is -1.05. The van der Waals surface area contributed by atoms with E-state index in [-0.39, 0.29) is 24.0 Å². The first-order chi connectivity index (χ1) is 21.2. The van der Waals surface area contributed by atoms with Gasteiger partial charge in [-0.3, -0.25) is 14.6 Å². The summed E-state index contributed by atoms with van der Waals surface area (Å²) in [5, 5.41) is 12.0. The van der Waals surface area contributed by atoms with Crippen LogP contribution in [0, 0.1) is 13.8 Å². The molecule has 0 aliphatic rings.